The molecule has 2 rings (SSSR count). The number of hydrogen-bond acceptors (Lipinski definition) is 4. The second kappa shape index (κ2) is 4.13. The van der Waals surface area contributed by atoms with Crippen LogP contribution in [0.15, 0.2) is 23.1 Å². The maximum atomic E-state index is 11.5. The molecule has 5 nitrogen and oxygen atoms in total. The lowest BCUT2D eigenvalue weighted by Crippen LogP contribution is -2.24. The molecule has 1 saturated heterocycles. The van der Waals surface area contributed by atoms with E-state index in [2.05, 4.69) is 12.6 Å². The van der Waals surface area contributed by atoms with E-state index in [1.54, 1.807) is 11.0 Å². The van der Waals surface area contributed by atoms with Crippen molar-refractivity contribution in [2.24, 2.45) is 0 Å². The lowest BCUT2D eigenvalue weighted by molar-refractivity contribution is -0.385. The van der Waals surface area contributed by atoms with Crippen LogP contribution in [0.1, 0.15) is 12.8 Å². The molecule has 84 valence electrons. The number of hydrogen-bond donors (Lipinski definition) is 1. The van der Waals surface area contributed by atoms with Gasteiger partial charge in [0, 0.05) is 30.0 Å². The van der Waals surface area contributed by atoms with Gasteiger partial charge >= 0.3 is 0 Å². The van der Waals surface area contributed by atoms with Crippen molar-refractivity contribution < 1.29 is 9.72 Å². The maximum Gasteiger partial charge on any atom is 0.270 e. The molecule has 0 bridgehead atoms. The van der Waals surface area contributed by atoms with Gasteiger partial charge in [-0.2, -0.15) is 0 Å². The van der Waals surface area contributed by atoms with Gasteiger partial charge in [-0.05, 0) is 12.5 Å². The SMILES string of the molecule is O=C1CCCN1c1ccc([N+](=O)[O-])cc1S. The van der Waals surface area contributed by atoms with E-state index in [0.717, 1.165) is 6.42 Å². The molecule has 0 aliphatic carbocycles. The van der Waals surface area contributed by atoms with E-state index in [1.807, 2.05) is 0 Å². The zero-order valence-electron chi connectivity index (χ0n) is 8.42. The molecule has 0 spiro atoms. The van der Waals surface area contributed by atoms with Crippen molar-refractivity contribution in [2.45, 2.75) is 17.7 Å². The molecule has 1 heterocycles. The number of carbonyl (C=O) groups excluding carboxylic acids is 1. The maximum absolute atomic E-state index is 11.5. The monoisotopic (exact) mass is 238 g/mol. The third kappa shape index (κ3) is 1.88. The number of thiol groups is 1. The molecule has 0 N–H and O–H groups in total. The predicted octanol–water partition coefficient (Wildman–Crippen LogP) is 2.01. The minimum absolute atomic E-state index is 0.0135. The lowest BCUT2D eigenvalue weighted by atomic mass is 10.2. The molecule has 0 aromatic heterocycles. The van der Waals surface area contributed by atoms with Crippen molar-refractivity contribution in [2.75, 3.05) is 11.4 Å². The quantitative estimate of drug-likeness (QED) is 0.487. The van der Waals surface area contributed by atoms with Crippen LogP contribution in [0.5, 0.6) is 0 Å². The zero-order chi connectivity index (χ0) is 11.7. The second-order valence-electron chi connectivity index (χ2n) is 3.58. The Morgan fingerprint density at radius 1 is 1.44 bits per heavy atom. The third-order valence-electron chi connectivity index (χ3n) is 2.53. The van der Waals surface area contributed by atoms with Gasteiger partial charge in [0.25, 0.3) is 5.69 Å². The molecule has 0 radical (unpaired) electrons. The van der Waals surface area contributed by atoms with Crippen LogP contribution in [0.3, 0.4) is 0 Å². The molecular formula is C10H10N2O3S. The molecular weight excluding hydrogens is 228 g/mol. The Kier molecular flexibility index (Phi) is 2.82. The van der Waals surface area contributed by atoms with Crippen molar-refractivity contribution in [3.63, 3.8) is 0 Å². The number of rotatable bonds is 2. The molecule has 1 aromatic rings. The van der Waals surface area contributed by atoms with Gasteiger partial charge in [-0.3, -0.25) is 14.9 Å². The van der Waals surface area contributed by atoms with Crippen molar-refractivity contribution in [3.05, 3.63) is 28.3 Å². The number of anilines is 1. The number of amides is 1. The van der Waals surface area contributed by atoms with Gasteiger partial charge in [0.15, 0.2) is 0 Å². The van der Waals surface area contributed by atoms with Gasteiger partial charge < -0.3 is 4.90 Å². The minimum atomic E-state index is -0.477. The minimum Gasteiger partial charge on any atom is -0.311 e. The first-order valence-corrected chi connectivity index (χ1v) is 5.32. The van der Waals surface area contributed by atoms with Crippen LogP contribution >= 0.6 is 12.6 Å². The van der Waals surface area contributed by atoms with Crippen molar-refractivity contribution in [1.82, 2.24) is 0 Å². The summed E-state index contributed by atoms with van der Waals surface area (Å²) in [6.07, 6.45) is 1.35. The van der Waals surface area contributed by atoms with E-state index in [0.29, 0.717) is 23.5 Å². The Morgan fingerprint density at radius 2 is 2.19 bits per heavy atom. The highest BCUT2D eigenvalue weighted by atomic mass is 32.1. The molecule has 0 atom stereocenters. The van der Waals surface area contributed by atoms with Gasteiger partial charge in [0.2, 0.25) is 5.91 Å². The van der Waals surface area contributed by atoms with Crippen LogP contribution in [-0.2, 0) is 4.79 Å². The number of benzene rings is 1. The van der Waals surface area contributed by atoms with Gasteiger partial charge in [-0.15, -0.1) is 12.6 Å². The zero-order valence-corrected chi connectivity index (χ0v) is 9.31. The summed E-state index contributed by atoms with van der Waals surface area (Å²) < 4.78 is 0. The summed E-state index contributed by atoms with van der Waals surface area (Å²) in [4.78, 5) is 23.6. The molecule has 0 unspecified atom stereocenters. The summed E-state index contributed by atoms with van der Waals surface area (Å²) in [5.41, 5.74) is 0.636. The summed E-state index contributed by atoms with van der Waals surface area (Å²) in [5.74, 6) is 0.0455. The molecule has 1 amide bonds. The standard InChI is InChI=1S/C10H10N2O3S/c13-10-2-1-5-11(10)8-4-3-7(12(14)15)6-9(8)16/h3-4,6,16H,1-2,5H2. The smallest absolute Gasteiger partial charge is 0.270 e. The Bertz CT molecular complexity index is 461. The first-order valence-electron chi connectivity index (χ1n) is 4.87. The Hall–Kier alpha value is -1.56. The van der Waals surface area contributed by atoms with Crippen molar-refractivity contribution in [3.8, 4) is 0 Å². The molecule has 1 aromatic carbocycles. The Balaban J connectivity index is 2.36. The summed E-state index contributed by atoms with van der Waals surface area (Å²) in [6, 6.07) is 4.33. The summed E-state index contributed by atoms with van der Waals surface area (Å²) in [6.45, 7) is 0.657. The van der Waals surface area contributed by atoms with Crippen LogP contribution in [0.2, 0.25) is 0 Å². The number of nitro groups is 1. The fourth-order valence-corrected chi connectivity index (χ4v) is 2.08. The fraction of sp³-hybridized carbons (Fsp3) is 0.300. The number of nitro benzene ring substituents is 1. The Morgan fingerprint density at radius 3 is 2.69 bits per heavy atom. The average molecular weight is 238 g/mol. The number of non-ortho nitro benzene ring substituents is 1. The van der Waals surface area contributed by atoms with Crippen LogP contribution in [0.25, 0.3) is 0 Å². The van der Waals surface area contributed by atoms with E-state index in [9.17, 15) is 14.9 Å². The van der Waals surface area contributed by atoms with Crippen molar-refractivity contribution in [1.29, 1.82) is 0 Å². The topological polar surface area (TPSA) is 63.5 Å². The molecule has 0 saturated carbocycles. The van der Waals surface area contributed by atoms with Crippen LogP contribution in [-0.4, -0.2) is 17.4 Å². The first-order chi connectivity index (χ1) is 7.59. The highest BCUT2D eigenvalue weighted by Crippen LogP contribution is 2.30. The number of nitrogens with zero attached hydrogens (tertiary/aromatic N) is 2. The van der Waals surface area contributed by atoms with Gasteiger partial charge in [0.05, 0.1) is 10.6 Å². The van der Waals surface area contributed by atoms with E-state index >= 15 is 0 Å². The van der Waals surface area contributed by atoms with Crippen LogP contribution in [0, 0.1) is 10.1 Å². The summed E-state index contributed by atoms with van der Waals surface area (Å²) in [7, 11) is 0. The fourth-order valence-electron chi connectivity index (χ4n) is 1.76. The predicted molar refractivity (Wildman–Crippen MR) is 61.9 cm³/mol. The molecule has 1 fully saturated rings. The average Bonchev–Trinajstić information content (AvgIpc) is 2.64. The largest absolute Gasteiger partial charge is 0.311 e. The first kappa shape index (κ1) is 10.9. The normalized spacial score (nSPS) is 15.6. The van der Waals surface area contributed by atoms with E-state index in [4.69, 9.17) is 0 Å². The molecule has 6 heteroatoms. The molecule has 1 aliphatic heterocycles. The van der Waals surface area contributed by atoms with E-state index in [1.165, 1.54) is 12.1 Å². The van der Waals surface area contributed by atoms with Gasteiger partial charge in [0.1, 0.15) is 0 Å². The second-order valence-corrected chi connectivity index (χ2v) is 4.06. The van der Waals surface area contributed by atoms with Gasteiger partial charge in [-0.25, -0.2) is 0 Å². The summed E-state index contributed by atoms with van der Waals surface area (Å²) in [5, 5.41) is 10.5. The van der Waals surface area contributed by atoms with E-state index < -0.39 is 4.92 Å². The Labute approximate surface area is 97.6 Å². The van der Waals surface area contributed by atoms with Crippen LogP contribution < -0.4 is 4.90 Å². The lowest BCUT2D eigenvalue weighted by Gasteiger charge is -2.17. The highest BCUT2D eigenvalue weighted by Gasteiger charge is 2.24. The van der Waals surface area contributed by atoms with Crippen molar-refractivity contribution >= 4 is 29.9 Å². The van der Waals surface area contributed by atoms with Crippen LogP contribution in [0.4, 0.5) is 11.4 Å². The highest BCUT2D eigenvalue weighted by molar-refractivity contribution is 7.80. The van der Waals surface area contributed by atoms with Gasteiger partial charge in [-0.1, -0.05) is 0 Å². The van der Waals surface area contributed by atoms with E-state index in [-0.39, 0.29) is 11.6 Å². The third-order valence-corrected chi connectivity index (χ3v) is 2.89. The molecule has 16 heavy (non-hydrogen) atoms. The number of carbonyl (C=O) groups is 1. The molecule has 1 aliphatic rings. The summed E-state index contributed by atoms with van der Waals surface area (Å²) >= 11 is 4.18.